The lowest BCUT2D eigenvalue weighted by atomic mass is 9.81. The highest BCUT2D eigenvalue weighted by atomic mass is 32.2. The number of carboxylic acids is 1. The minimum Gasteiger partial charge on any atom is -0.494 e. The van der Waals surface area contributed by atoms with Crippen LogP contribution in [-0.4, -0.2) is 56.3 Å². The Morgan fingerprint density at radius 3 is 2.59 bits per heavy atom. The Bertz CT molecular complexity index is 819. The van der Waals surface area contributed by atoms with Gasteiger partial charge < -0.3 is 14.7 Å². The number of likely N-dealkylation sites (tertiary alicyclic amines) is 1. The lowest BCUT2D eigenvalue weighted by Gasteiger charge is -2.23. The first kappa shape index (κ1) is 19.7. The predicted molar refractivity (Wildman–Crippen MR) is 98.3 cm³/mol. The van der Waals surface area contributed by atoms with Gasteiger partial charge in [-0.1, -0.05) is 6.42 Å². The van der Waals surface area contributed by atoms with Gasteiger partial charge in [0.25, 0.3) is 0 Å². The summed E-state index contributed by atoms with van der Waals surface area (Å²) in [5, 5.41) is 9.59. The van der Waals surface area contributed by atoms with Gasteiger partial charge in [-0.25, -0.2) is 8.42 Å². The molecule has 1 aliphatic carbocycles. The maximum Gasteiger partial charge on any atom is 0.311 e. The Morgan fingerprint density at radius 1 is 1.30 bits per heavy atom. The van der Waals surface area contributed by atoms with Crippen molar-refractivity contribution < 1.29 is 27.9 Å². The summed E-state index contributed by atoms with van der Waals surface area (Å²) >= 11 is 0. The first-order chi connectivity index (χ1) is 12.7. The van der Waals surface area contributed by atoms with Crippen molar-refractivity contribution in [3.63, 3.8) is 0 Å². The first-order valence-corrected chi connectivity index (χ1v) is 11.1. The van der Waals surface area contributed by atoms with Crippen LogP contribution in [0.5, 0.6) is 5.75 Å². The van der Waals surface area contributed by atoms with E-state index in [1.807, 2.05) is 0 Å². The fraction of sp³-hybridized carbons (Fsp3) is 0.579. The van der Waals surface area contributed by atoms with Crippen LogP contribution in [0.1, 0.15) is 32.1 Å². The van der Waals surface area contributed by atoms with E-state index in [0.717, 1.165) is 19.1 Å². The second kappa shape index (κ2) is 7.50. The van der Waals surface area contributed by atoms with Crippen LogP contribution in [0.3, 0.4) is 0 Å². The second-order valence-electron chi connectivity index (χ2n) is 7.52. The number of carbonyl (C=O) groups excluding carboxylic acids is 1. The smallest absolute Gasteiger partial charge is 0.311 e. The SMILES string of the molecule is CS(=O)(=O)c1ccc(OCCCC(=O)N2C[C@@H]3CCC[C@@]3(C(=O)O)C2)cc1. The molecule has 1 aliphatic heterocycles. The summed E-state index contributed by atoms with van der Waals surface area (Å²) in [7, 11) is -3.23. The number of amides is 1. The van der Waals surface area contributed by atoms with Crippen LogP contribution in [-0.2, 0) is 19.4 Å². The van der Waals surface area contributed by atoms with E-state index in [-0.39, 0.29) is 16.7 Å². The molecule has 0 aromatic heterocycles. The average Bonchev–Trinajstić information content (AvgIpc) is 3.16. The molecule has 2 aliphatic rings. The van der Waals surface area contributed by atoms with Crippen LogP contribution in [0.25, 0.3) is 0 Å². The summed E-state index contributed by atoms with van der Waals surface area (Å²) in [6, 6.07) is 6.17. The third kappa shape index (κ3) is 4.10. The zero-order chi connectivity index (χ0) is 19.7. The maximum absolute atomic E-state index is 12.4. The molecule has 0 bridgehead atoms. The third-order valence-electron chi connectivity index (χ3n) is 5.70. The Balaban J connectivity index is 1.45. The Kier molecular flexibility index (Phi) is 5.46. The van der Waals surface area contributed by atoms with Crippen molar-refractivity contribution in [3.8, 4) is 5.75 Å². The molecule has 2 fully saturated rings. The highest BCUT2D eigenvalue weighted by Gasteiger charge is 2.55. The molecule has 1 amide bonds. The summed E-state index contributed by atoms with van der Waals surface area (Å²) < 4.78 is 28.4. The number of hydrogen-bond acceptors (Lipinski definition) is 5. The summed E-state index contributed by atoms with van der Waals surface area (Å²) in [5.74, 6) is -0.179. The van der Waals surface area contributed by atoms with E-state index in [0.29, 0.717) is 44.7 Å². The van der Waals surface area contributed by atoms with Crippen molar-refractivity contribution in [2.75, 3.05) is 26.0 Å². The number of carboxylic acid groups (broad SMARTS) is 1. The number of hydrogen-bond donors (Lipinski definition) is 1. The lowest BCUT2D eigenvalue weighted by molar-refractivity contribution is -0.149. The Morgan fingerprint density at radius 2 is 2.00 bits per heavy atom. The van der Waals surface area contributed by atoms with E-state index in [2.05, 4.69) is 0 Å². The molecular weight excluding hydrogens is 370 g/mol. The fourth-order valence-electron chi connectivity index (χ4n) is 4.18. The summed E-state index contributed by atoms with van der Waals surface area (Å²) in [4.78, 5) is 26.0. The molecule has 148 valence electrons. The van der Waals surface area contributed by atoms with Crippen LogP contribution < -0.4 is 4.74 Å². The lowest BCUT2D eigenvalue weighted by Crippen LogP contribution is -2.37. The normalized spacial score (nSPS) is 24.6. The van der Waals surface area contributed by atoms with Crippen LogP contribution >= 0.6 is 0 Å². The van der Waals surface area contributed by atoms with E-state index in [4.69, 9.17) is 4.74 Å². The van der Waals surface area contributed by atoms with Gasteiger partial charge >= 0.3 is 5.97 Å². The number of carbonyl (C=O) groups is 2. The van der Waals surface area contributed by atoms with Gasteiger partial charge in [-0.05, 0) is 49.4 Å². The van der Waals surface area contributed by atoms with Crippen molar-refractivity contribution >= 4 is 21.7 Å². The topological polar surface area (TPSA) is 101 Å². The fourth-order valence-corrected chi connectivity index (χ4v) is 4.81. The molecule has 7 nitrogen and oxygen atoms in total. The van der Waals surface area contributed by atoms with Crippen molar-refractivity contribution in [2.45, 2.75) is 37.0 Å². The number of ether oxygens (including phenoxy) is 1. The van der Waals surface area contributed by atoms with Gasteiger partial charge in [-0.2, -0.15) is 0 Å². The molecule has 1 heterocycles. The van der Waals surface area contributed by atoms with E-state index >= 15 is 0 Å². The molecule has 1 saturated carbocycles. The number of sulfone groups is 1. The van der Waals surface area contributed by atoms with Gasteiger partial charge in [0.05, 0.1) is 16.9 Å². The van der Waals surface area contributed by atoms with Crippen molar-refractivity contribution in [2.24, 2.45) is 11.3 Å². The number of nitrogens with zero attached hydrogens (tertiary/aromatic N) is 1. The van der Waals surface area contributed by atoms with Crippen LogP contribution in [0.2, 0.25) is 0 Å². The highest BCUT2D eigenvalue weighted by Crippen LogP contribution is 2.48. The van der Waals surface area contributed by atoms with Crippen LogP contribution in [0, 0.1) is 11.3 Å². The van der Waals surface area contributed by atoms with Crippen molar-refractivity contribution in [1.82, 2.24) is 4.90 Å². The molecule has 0 radical (unpaired) electrons. The Labute approximate surface area is 159 Å². The van der Waals surface area contributed by atoms with Crippen molar-refractivity contribution in [1.29, 1.82) is 0 Å². The second-order valence-corrected chi connectivity index (χ2v) is 9.54. The monoisotopic (exact) mass is 395 g/mol. The minimum atomic E-state index is -3.23. The molecular formula is C19H25NO6S. The summed E-state index contributed by atoms with van der Waals surface area (Å²) in [5.41, 5.74) is -0.743. The molecule has 0 unspecified atom stereocenters. The summed E-state index contributed by atoms with van der Waals surface area (Å²) in [6.07, 6.45) is 4.43. The van der Waals surface area contributed by atoms with Crippen molar-refractivity contribution in [3.05, 3.63) is 24.3 Å². The molecule has 1 aromatic rings. The molecule has 0 spiro atoms. The molecule has 2 atom stereocenters. The average molecular weight is 395 g/mol. The van der Waals surface area contributed by atoms with E-state index in [9.17, 15) is 23.1 Å². The molecule has 1 N–H and O–H groups in total. The van der Waals surface area contributed by atoms with Gasteiger partial charge in [0.1, 0.15) is 5.75 Å². The number of rotatable bonds is 7. The van der Waals surface area contributed by atoms with Crippen LogP contribution in [0.15, 0.2) is 29.2 Å². The zero-order valence-corrected chi connectivity index (χ0v) is 16.2. The number of aliphatic carboxylic acids is 1. The number of fused-ring (bicyclic) bond motifs is 1. The van der Waals surface area contributed by atoms with Gasteiger partial charge in [-0.3, -0.25) is 9.59 Å². The molecule has 1 aromatic carbocycles. The van der Waals surface area contributed by atoms with E-state index in [1.165, 1.54) is 12.1 Å². The standard InChI is InChI=1S/C19H25NO6S/c1-27(24,25)16-8-6-15(7-9-16)26-11-3-5-17(21)20-12-14-4-2-10-19(14,13-20)18(22)23/h6-9,14H,2-5,10-13H2,1H3,(H,22,23)/t14-,19+/m0/s1. The van der Waals surface area contributed by atoms with Gasteiger partial charge in [0, 0.05) is 25.8 Å². The largest absolute Gasteiger partial charge is 0.494 e. The minimum absolute atomic E-state index is 0.0268. The first-order valence-electron chi connectivity index (χ1n) is 9.16. The molecule has 1 saturated heterocycles. The summed E-state index contributed by atoms with van der Waals surface area (Å²) in [6.45, 7) is 1.20. The molecule has 8 heteroatoms. The molecule has 3 rings (SSSR count). The predicted octanol–water partition coefficient (Wildman–Crippen LogP) is 1.96. The zero-order valence-electron chi connectivity index (χ0n) is 15.4. The highest BCUT2D eigenvalue weighted by molar-refractivity contribution is 7.90. The Hall–Kier alpha value is -2.09. The van der Waals surface area contributed by atoms with E-state index < -0.39 is 21.2 Å². The van der Waals surface area contributed by atoms with Gasteiger partial charge in [-0.15, -0.1) is 0 Å². The van der Waals surface area contributed by atoms with E-state index in [1.54, 1.807) is 17.0 Å². The maximum atomic E-state index is 12.4. The quantitative estimate of drug-likeness (QED) is 0.709. The third-order valence-corrected chi connectivity index (χ3v) is 6.83. The number of benzene rings is 1. The van der Waals surface area contributed by atoms with Crippen LogP contribution in [0.4, 0.5) is 0 Å². The molecule has 27 heavy (non-hydrogen) atoms. The van der Waals surface area contributed by atoms with Gasteiger partial charge in [0.2, 0.25) is 5.91 Å². The van der Waals surface area contributed by atoms with Gasteiger partial charge in [0.15, 0.2) is 9.84 Å².